The number of para-hydroxylation sites is 1. The number of rotatable bonds is 6. The summed E-state index contributed by atoms with van der Waals surface area (Å²) >= 11 is 0. The zero-order valence-corrected chi connectivity index (χ0v) is 23.1. The van der Waals surface area contributed by atoms with Gasteiger partial charge in [0.2, 0.25) is 0 Å². The second-order valence-electron chi connectivity index (χ2n) is 11.1. The molecule has 1 aliphatic heterocycles. The number of carbonyl (C=O) groups is 1. The van der Waals surface area contributed by atoms with Gasteiger partial charge in [-0.2, -0.15) is 0 Å². The number of fused-ring (bicyclic) bond motifs is 5. The lowest BCUT2D eigenvalue weighted by molar-refractivity contribution is 0.102. The number of hydrogen-bond acceptors (Lipinski definition) is 3. The zero-order chi connectivity index (χ0) is 27.6. The van der Waals surface area contributed by atoms with E-state index < -0.39 is 0 Å². The molecule has 1 fully saturated rings. The van der Waals surface area contributed by atoms with Crippen molar-refractivity contribution in [2.45, 2.75) is 51.2 Å². The van der Waals surface area contributed by atoms with Crippen LogP contribution in [-0.4, -0.2) is 17.1 Å². The number of hydrogen-bond donors (Lipinski definition) is 1. The predicted octanol–water partition coefficient (Wildman–Crippen LogP) is 8.58. The Morgan fingerprint density at radius 2 is 1.66 bits per heavy atom. The van der Waals surface area contributed by atoms with Gasteiger partial charge in [-0.25, -0.2) is 0 Å². The smallest absolute Gasteiger partial charge is 0.255 e. The van der Waals surface area contributed by atoms with Crippen LogP contribution < -0.4 is 14.8 Å². The van der Waals surface area contributed by atoms with E-state index in [2.05, 4.69) is 40.2 Å². The summed E-state index contributed by atoms with van der Waals surface area (Å²) in [5.41, 5.74) is 7.46. The Kier molecular flexibility index (Phi) is 6.93. The SMILES string of the molecule is O=C(Nc1ccc(OCc2ccccc2)cc1)c1ccc2c(C3CCCCC3)c3n(c2c1)CCOc1ccccc1-3. The third-order valence-electron chi connectivity index (χ3n) is 8.45. The van der Waals surface area contributed by atoms with Gasteiger partial charge in [-0.1, -0.05) is 67.8 Å². The van der Waals surface area contributed by atoms with Gasteiger partial charge < -0.3 is 19.4 Å². The molecule has 0 unspecified atom stereocenters. The fourth-order valence-electron chi connectivity index (χ4n) is 6.46. The number of amides is 1. The minimum absolute atomic E-state index is 0.120. The summed E-state index contributed by atoms with van der Waals surface area (Å²) in [4.78, 5) is 13.4. The highest BCUT2D eigenvalue weighted by Crippen LogP contribution is 2.47. The monoisotopic (exact) mass is 542 g/mol. The van der Waals surface area contributed by atoms with Crippen molar-refractivity contribution in [3.63, 3.8) is 0 Å². The quantitative estimate of drug-likeness (QED) is 0.234. The van der Waals surface area contributed by atoms with Crippen LogP contribution in [0.3, 0.4) is 0 Å². The van der Waals surface area contributed by atoms with E-state index in [1.54, 1.807) is 0 Å². The molecule has 1 aromatic heterocycles. The number of benzene rings is 4. The number of nitrogens with one attached hydrogen (secondary N) is 1. The first kappa shape index (κ1) is 25.5. The van der Waals surface area contributed by atoms with Crippen LogP contribution in [0.25, 0.3) is 22.2 Å². The lowest BCUT2D eigenvalue weighted by atomic mass is 9.81. The highest BCUT2D eigenvalue weighted by Gasteiger charge is 2.29. The molecule has 5 aromatic rings. The van der Waals surface area contributed by atoms with Crippen LogP contribution in [0.4, 0.5) is 5.69 Å². The third-order valence-corrected chi connectivity index (χ3v) is 8.45. The average molecular weight is 543 g/mol. The maximum atomic E-state index is 13.4. The Balaban J connectivity index is 1.18. The summed E-state index contributed by atoms with van der Waals surface area (Å²) in [6.45, 7) is 1.86. The molecular weight excluding hydrogens is 508 g/mol. The molecule has 1 aliphatic carbocycles. The van der Waals surface area contributed by atoms with Gasteiger partial charge in [0.15, 0.2) is 0 Å². The Hall–Kier alpha value is -4.51. The molecule has 7 rings (SSSR count). The van der Waals surface area contributed by atoms with Gasteiger partial charge >= 0.3 is 0 Å². The van der Waals surface area contributed by atoms with Crippen LogP contribution in [0.1, 0.15) is 59.5 Å². The molecule has 206 valence electrons. The van der Waals surface area contributed by atoms with Crippen molar-refractivity contribution in [3.05, 3.63) is 114 Å². The van der Waals surface area contributed by atoms with Gasteiger partial charge in [0.05, 0.1) is 12.2 Å². The van der Waals surface area contributed by atoms with E-state index in [0.29, 0.717) is 24.7 Å². The summed E-state index contributed by atoms with van der Waals surface area (Å²) < 4.78 is 14.5. The molecule has 2 heterocycles. The largest absolute Gasteiger partial charge is 0.491 e. The van der Waals surface area contributed by atoms with Crippen LogP contribution in [0, 0.1) is 0 Å². The first-order chi connectivity index (χ1) is 20.2. The summed E-state index contributed by atoms with van der Waals surface area (Å²) in [6, 6.07) is 32.2. The van der Waals surface area contributed by atoms with Crippen molar-refractivity contribution in [1.82, 2.24) is 4.57 Å². The van der Waals surface area contributed by atoms with Crippen LogP contribution >= 0.6 is 0 Å². The van der Waals surface area contributed by atoms with Gasteiger partial charge in [0.1, 0.15) is 24.7 Å². The van der Waals surface area contributed by atoms with Gasteiger partial charge in [0, 0.05) is 27.7 Å². The van der Waals surface area contributed by atoms with Gasteiger partial charge in [-0.3, -0.25) is 4.79 Å². The van der Waals surface area contributed by atoms with Crippen LogP contribution in [-0.2, 0) is 13.2 Å². The molecule has 0 atom stereocenters. The lowest BCUT2D eigenvalue weighted by Gasteiger charge is -2.23. The van der Waals surface area contributed by atoms with Crippen LogP contribution in [0.15, 0.2) is 97.1 Å². The molecule has 5 nitrogen and oxygen atoms in total. The third kappa shape index (κ3) is 5.08. The molecule has 0 radical (unpaired) electrons. The van der Waals surface area contributed by atoms with E-state index >= 15 is 0 Å². The van der Waals surface area contributed by atoms with E-state index in [1.165, 1.54) is 48.7 Å². The Labute approximate surface area is 240 Å². The molecule has 0 saturated heterocycles. The number of nitrogens with zero attached hydrogens (tertiary/aromatic N) is 1. The molecule has 1 amide bonds. The first-order valence-electron chi connectivity index (χ1n) is 14.7. The van der Waals surface area contributed by atoms with E-state index in [-0.39, 0.29) is 5.91 Å². The zero-order valence-electron chi connectivity index (χ0n) is 23.1. The maximum absolute atomic E-state index is 13.4. The van der Waals surface area contributed by atoms with Gasteiger partial charge in [-0.05, 0) is 78.4 Å². The van der Waals surface area contributed by atoms with Crippen LogP contribution in [0.2, 0.25) is 0 Å². The summed E-state index contributed by atoms with van der Waals surface area (Å²) in [7, 11) is 0. The van der Waals surface area contributed by atoms with Gasteiger partial charge in [0.25, 0.3) is 5.91 Å². The van der Waals surface area contributed by atoms with Crippen molar-refractivity contribution in [3.8, 4) is 22.8 Å². The molecule has 4 aromatic carbocycles. The first-order valence-corrected chi connectivity index (χ1v) is 14.7. The Morgan fingerprint density at radius 1 is 0.878 bits per heavy atom. The number of anilines is 1. The van der Waals surface area contributed by atoms with Crippen molar-refractivity contribution < 1.29 is 14.3 Å². The Bertz CT molecular complexity index is 1680. The van der Waals surface area contributed by atoms with Crippen molar-refractivity contribution in [2.75, 3.05) is 11.9 Å². The summed E-state index contributed by atoms with van der Waals surface area (Å²) in [5.74, 6) is 2.11. The second kappa shape index (κ2) is 11.2. The average Bonchev–Trinajstić information content (AvgIpc) is 3.22. The van der Waals surface area contributed by atoms with E-state index in [0.717, 1.165) is 40.4 Å². The number of carbonyl (C=O) groups excluding carboxylic acids is 1. The predicted molar refractivity (Wildman–Crippen MR) is 164 cm³/mol. The minimum atomic E-state index is -0.120. The Morgan fingerprint density at radius 3 is 2.49 bits per heavy atom. The molecule has 1 N–H and O–H groups in total. The molecule has 5 heteroatoms. The topological polar surface area (TPSA) is 52.5 Å². The highest BCUT2D eigenvalue weighted by atomic mass is 16.5. The molecule has 41 heavy (non-hydrogen) atoms. The van der Waals surface area contributed by atoms with Crippen molar-refractivity contribution >= 4 is 22.5 Å². The van der Waals surface area contributed by atoms with Crippen molar-refractivity contribution in [2.24, 2.45) is 0 Å². The standard InChI is InChI=1S/C36H34N2O3/c39-36(37-28-16-18-29(19-17-28)41-24-25-9-3-1-4-10-25)27-15-20-30-32(23-27)38-21-22-40-33-14-8-7-13-31(33)35(38)34(30)26-11-5-2-6-12-26/h1,3-4,7-10,13-20,23,26H,2,5-6,11-12,21-22,24H2,(H,37,39). The molecule has 0 spiro atoms. The number of ether oxygens (including phenoxy) is 2. The van der Waals surface area contributed by atoms with Crippen molar-refractivity contribution in [1.29, 1.82) is 0 Å². The van der Waals surface area contributed by atoms with E-state index in [9.17, 15) is 4.79 Å². The minimum Gasteiger partial charge on any atom is -0.491 e. The summed E-state index contributed by atoms with van der Waals surface area (Å²) in [6.07, 6.45) is 6.27. The molecule has 1 saturated carbocycles. The van der Waals surface area contributed by atoms with Crippen LogP contribution in [0.5, 0.6) is 11.5 Å². The fourth-order valence-corrected chi connectivity index (χ4v) is 6.46. The van der Waals surface area contributed by atoms with E-state index in [1.807, 2.05) is 66.7 Å². The molecular formula is C36H34N2O3. The lowest BCUT2D eigenvalue weighted by Crippen LogP contribution is -2.12. The van der Waals surface area contributed by atoms with E-state index in [4.69, 9.17) is 9.47 Å². The second-order valence-corrected chi connectivity index (χ2v) is 11.1. The molecule has 2 aliphatic rings. The maximum Gasteiger partial charge on any atom is 0.255 e. The van der Waals surface area contributed by atoms with Gasteiger partial charge in [-0.15, -0.1) is 0 Å². The number of aromatic nitrogens is 1. The molecule has 0 bridgehead atoms. The summed E-state index contributed by atoms with van der Waals surface area (Å²) in [5, 5.41) is 4.34. The fraction of sp³-hybridized carbons (Fsp3) is 0.250. The normalized spacial score (nSPS) is 14.9. The highest BCUT2D eigenvalue weighted by molar-refractivity contribution is 6.07.